The zero-order valence-electron chi connectivity index (χ0n) is 22.7. The van der Waals surface area contributed by atoms with E-state index in [9.17, 15) is 38.1 Å². The fourth-order valence-electron chi connectivity index (χ4n) is 5.01. The lowest BCUT2D eigenvalue weighted by Crippen LogP contribution is -2.46. The molecule has 7 atom stereocenters. The molecule has 0 aromatic carbocycles. The molecule has 39 heavy (non-hydrogen) atoms. The first kappa shape index (κ1) is 31.4. The second kappa shape index (κ2) is 12.2. The summed E-state index contributed by atoms with van der Waals surface area (Å²) in [6.07, 6.45) is -6.89. The maximum atomic E-state index is 14.0. The van der Waals surface area contributed by atoms with Crippen LogP contribution >= 0.6 is 11.3 Å². The Labute approximate surface area is 230 Å². The summed E-state index contributed by atoms with van der Waals surface area (Å²) in [7, 11) is 0. The van der Waals surface area contributed by atoms with E-state index in [-0.39, 0.29) is 19.4 Å². The Morgan fingerprint density at radius 2 is 1.92 bits per heavy atom. The smallest absolute Gasteiger partial charge is 0.412 e. The number of aromatic nitrogens is 1. The summed E-state index contributed by atoms with van der Waals surface area (Å²) in [5, 5.41) is 36.1. The molecule has 0 bridgehead atoms. The van der Waals surface area contributed by atoms with Crippen molar-refractivity contribution >= 4 is 29.2 Å². The van der Waals surface area contributed by atoms with Gasteiger partial charge in [-0.2, -0.15) is 13.2 Å². The van der Waals surface area contributed by atoms with Crippen LogP contribution in [-0.2, 0) is 20.9 Å². The largest absolute Gasteiger partial charge is 0.457 e. The minimum absolute atomic E-state index is 0.259. The van der Waals surface area contributed by atoms with Gasteiger partial charge in [0.15, 0.2) is 0 Å². The molecular weight excluding hydrogens is 537 g/mol. The van der Waals surface area contributed by atoms with Gasteiger partial charge in [0.25, 0.3) is 0 Å². The molecule has 3 heterocycles. The normalized spacial score (nSPS) is 34.6. The molecule has 0 amide bonds. The highest BCUT2D eigenvalue weighted by atomic mass is 32.1. The van der Waals surface area contributed by atoms with Crippen LogP contribution in [0.4, 0.5) is 13.2 Å². The van der Waals surface area contributed by atoms with Crippen LogP contribution in [-0.4, -0.2) is 68.6 Å². The third-order valence-electron chi connectivity index (χ3n) is 7.83. The number of Topliss-reactive ketones (excluding diaryl/α,β-unsaturated/α-hetero) is 1. The van der Waals surface area contributed by atoms with Crippen molar-refractivity contribution in [2.75, 3.05) is 0 Å². The molecule has 1 aromatic rings. The van der Waals surface area contributed by atoms with E-state index >= 15 is 0 Å². The van der Waals surface area contributed by atoms with Gasteiger partial charge in [-0.05, 0) is 30.9 Å². The van der Waals surface area contributed by atoms with Crippen LogP contribution in [0.3, 0.4) is 0 Å². The number of nitrogens with zero attached hydrogens (tertiary/aromatic N) is 1. The zero-order valence-corrected chi connectivity index (χ0v) is 23.5. The summed E-state index contributed by atoms with van der Waals surface area (Å²) >= 11 is 1.21. The Bertz CT molecular complexity index is 1120. The molecular formula is C27H37F3N2O6S. The third-order valence-corrected chi connectivity index (χ3v) is 8.69. The van der Waals surface area contributed by atoms with Crippen molar-refractivity contribution in [1.82, 2.24) is 10.3 Å². The zero-order chi connectivity index (χ0) is 29.3. The Balaban J connectivity index is 1.98. The quantitative estimate of drug-likeness (QED) is 0.244. The summed E-state index contributed by atoms with van der Waals surface area (Å²) < 4.78 is 47.4. The van der Waals surface area contributed by atoms with Gasteiger partial charge < -0.3 is 25.4 Å². The van der Waals surface area contributed by atoms with Gasteiger partial charge in [0, 0.05) is 35.4 Å². The number of aliphatic hydroxyl groups excluding tert-OH is 3. The molecule has 8 nitrogen and oxygen atoms in total. The van der Waals surface area contributed by atoms with Crippen LogP contribution in [0.15, 0.2) is 22.6 Å². The number of halogens is 3. The first-order valence-corrected chi connectivity index (χ1v) is 13.8. The number of carbonyl (C=O) groups is 2. The SMILES string of the molecule is C/C(=C\c1csc(CO)n1)[C@@H]1C/C=C(/C(F)(F)F)CC2NC2[C@H](C)[C@H](O)[C@@H](C)C(=O)C(C)(C)[C@@H](O)CC(=O)O1. The number of rotatable bonds is 3. The lowest BCUT2D eigenvalue weighted by Gasteiger charge is -2.34. The van der Waals surface area contributed by atoms with E-state index in [0.29, 0.717) is 16.3 Å². The van der Waals surface area contributed by atoms with E-state index < -0.39 is 77.6 Å². The van der Waals surface area contributed by atoms with Crippen LogP contribution in [0.25, 0.3) is 6.08 Å². The van der Waals surface area contributed by atoms with Crippen molar-refractivity contribution in [2.24, 2.45) is 17.3 Å². The van der Waals surface area contributed by atoms with Crippen LogP contribution in [0.5, 0.6) is 0 Å². The van der Waals surface area contributed by atoms with Gasteiger partial charge in [0.1, 0.15) is 16.9 Å². The van der Waals surface area contributed by atoms with Gasteiger partial charge in [-0.1, -0.05) is 33.8 Å². The lowest BCUT2D eigenvalue weighted by molar-refractivity contribution is -0.154. The number of thiazole rings is 1. The monoisotopic (exact) mass is 574 g/mol. The highest BCUT2D eigenvalue weighted by Crippen LogP contribution is 2.38. The molecule has 0 spiro atoms. The predicted octanol–water partition coefficient (Wildman–Crippen LogP) is 3.55. The molecule has 1 saturated heterocycles. The van der Waals surface area contributed by atoms with Gasteiger partial charge in [-0.3, -0.25) is 9.59 Å². The molecule has 2 aliphatic heterocycles. The summed E-state index contributed by atoms with van der Waals surface area (Å²) in [5.41, 5.74) is -1.29. The highest BCUT2D eigenvalue weighted by molar-refractivity contribution is 7.09. The van der Waals surface area contributed by atoms with E-state index in [0.717, 1.165) is 6.08 Å². The van der Waals surface area contributed by atoms with Gasteiger partial charge in [-0.15, -0.1) is 11.3 Å². The summed E-state index contributed by atoms with van der Waals surface area (Å²) in [4.78, 5) is 30.3. The van der Waals surface area contributed by atoms with Gasteiger partial charge in [0.2, 0.25) is 0 Å². The molecule has 2 aliphatic rings. The Morgan fingerprint density at radius 3 is 2.51 bits per heavy atom. The van der Waals surface area contributed by atoms with Crippen molar-refractivity contribution in [3.8, 4) is 0 Å². The van der Waals surface area contributed by atoms with E-state index in [2.05, 4.69) is 10.3 Å². The summed E-state index contributed by atoms with van der Waals surface area (Å²) in [6, 6.07) is -0.955. The van der Waals surface area contributed by atoms with E-state index in [1.807, 2.05) is 0 Å². The molecule has 1 fully saturated rings. The Hall–Kier alpha value is -2.12. The first-order valence-electron chi connectivity index (χ1n) is 12.9. The van der Waals surface area contributed by atoms with Gasteiger partial charge >= 0.3 is 12.1 Å². The second-order valence-electron chi connectivity index (χ2n) is 11.1. The first-order chi connectivity index (χ1) is 18.1. The molecule has 218 valence electrons. The van der Waals surface area contributed by atoms with Crippen LogP contribution in [0, 0.1) is 17.3 Å². The van der Waals surface area contributed by atoms with Crippen molar-refractivity contribution in [3.05, 3.63) is 33.3 Å². The Kier molecular flexibility index (Phi) is 9.80. The number of carbonyl (C=O) groups excluding carboxylic acids is 2. The minimum Gasteiger partial charge on any atom is -0.457 e. The standard InChI is InChI=1S/C27H37F3N2O6S/c1-13(8-17-12-39-21(11-33)31-17)19-7-6-16(27(28,29)30)9-18-23(32-18)14(2)24(36)15(3)25(37)26(4,5)20(34)10-22(35)38-19/h6,8,12,14-15,18-20,23-24,32-34,36H,7,9-11H2,1-5H3/b13-8+,16-6+/t14-,15+,18?,19-,20-,23?,24-/m0/s1. The molecule has 12 heteroatoms. The lowest BCUT2D eigenvalue weighted by atomic mass is 9.73. The molecule has 1 aromatic heterocycles. The number of ether oxygens (including phenoxy) is 1. The van der Waals surface area contributed by atoms with Crippen LogP contribution < -0.4 is 5.32 Å². The fourth-order valence-corrected chi connectivity index (χ4v) is 5.62. The van der Waals surface area contributed by atoms with E-state index in [4.69, 9.17) is 4.74 Å². The van der Waals surface area contributed by atoms with E-state index in [1.54, 1.807) is 25.3 Å². The molecule has 0 aliphatic carbocycles. The number of hydrogen-bond acceptors (Lipinski definition) is 9. The third kappa shape index (κ3) is 7.55. The number of ketones is 1. The van der Waals surface area contributed by atoms with Gasteiger partial charge in [0.05, 0.1) is 36.3 Å². The second-order valence-corrected chi connectivity index (χ2v) is 12.0. The minimum atomic E-state index is -4.62. The van der Waals surface area contributed by atoms with Crippen molar-refractivity contribution in [1.29, 1.82) is 0 Å². The average Bonchev–Trinajstić information content (AvgIpc) is 3.49. The molecule has 0 saturated carbocycles. The number of aliphatic hydroxyl groups is 3. The van der Waals surface area contributed by atoms with Gasteiger partial charge in [-0.25, -0.2) is 4.98 Å². The number of esters is 1. The maximum absolute atomic E-state index is 14.0. The number of fused-ring (bicyclic) bond motifs is 1. The van der Waals surface area contributed by atoms with E-state index in [1.165, 1.54) is 32.1 Å². The highest BCUT2D eigenvalue weighted by Gasteiger charge is 2.49. The maximum Gasteiger partial charge on any atom is 0.412 e. The number of alkyl halides is 3. The van der Waals surface area contributed by atoms with Crippen LogP contribution in [0.2, 0.25) is 0 Å². The Morgan fingerprint density at radius 1 is 1.26 bits per heavy atom. The average molecular weight is 575 g/mol. The molecule has 2 unspecified atom stereocenters. The number of cyclic esters (lactones) is 1. The predicted molar refractivity (Wildman–Crippen MR) is 139 cm³/mol. The molecule has 4 N–H and O–H groups in total. The topological polar surface area (TPSA) is 139 Å². The van der Waals surface area contributed by atoms with Crippen molar-refractivity contribution in [2.45, 2.75) is 97.1 Å². The van der Waals surface area contributed by atoms with Crippen molar-refractivity contribution < 1.29 is 42.8 Å². The fraction of sp³-hybridized carbons (Fsp3) is 0.667. The van der Waals surface area contributed by atoms with Crippen molar-refractivity contribution in [3.63, 3.8) is 0 Å². The number of hydrogen-bond donors (Lipinski definition) is 4. The van der Waals surface area contributed by atoms with Crippen LogP contribution in [0.1, 0.15) is 64.6 Å². The molecule has 0 radical (unpaired) electrons. The molecule has 3 rings (SSSR count). The summed E-state index contributed by atoms with van der Waals surface area (Å²) in [5.74, 6) is -2.78. The summed E-state index contributed by atoms with van der Waals surface area (Å²) in [6.45, 7) is 7.52. The number of nitrogens with one attached hydrogen (secondary N) is 1.